The average Bonchev–Trinajstić information content (AvgIpc) is 3.02. The number of hydrogen-bond acceptors (Lipinski definition) is 5. The summed E-state index contributed by atoms with van der Waals surface area (Å²) in [6.07, 6.45) is 1.08. The Bertz CT molecular complexity index is 1300. The van der Waals surface area contributed by atoms with Gasteiger partial charge in [-0.05, 0) is 59.9 Å². The van der Waals surface area contributed by atoms with Crippen LogP contribution < -0.4 is 20.1 Å². The first-order valence-electron chi connectivity index (χ1n) is 11.0. The van der Waals surface area contributed by atoms with Gasteiger partial charge in [-0.1, -0.05) is 47.5 Å². The van der Waals surface area contributed by atoms with E-state index in [-0.39, 0.29) is 17.7 Å². The molecule has 0 aromatic heterocycles. The molecule has 7 heteroatoms. The van der Waals surface area contributed by atoms with Crippen molar-refractivity contribution in [2.45, 2.75) is 24.8 Å². The third-order valence-corrected chi connectivity index (χ3v) is 7.20. The van der Waals surface area contributed by atoms with Gasteiger partial charge in [-0.25, -0.2) is 0 Å². The third-order valence-electron chi connectivity index (χ3n) is 6.46. The predicted molar refractivity (Wildman–Crippen MR) is 136 cm³/mol. The number of carbonyl (C=O) groups is 1. The second-order valence-corrected chi connectivity index (χ2v) is 9.27. The van der Waals surface area contributed by atoms with E-state index in [0.717, 1.165) is 33.8 Å². The lowest BCUT2D eigenvalue weighted by atomic mass is 9.78. The molecule has 0 unspecified atom stereocenters. The SMILES string of the molecule is COc1ccc([C@@H]2CC(=O)C3=C(C2)Nc2ccccc2N[C@@H]3c2ccc(Cl)c(Cl)c2)cc1OC. The van der Waals surface area contributed by atoms with Crippen molar-refractivity contribution in [3.8, 4) is 11.5 Å². The first kappa shape index (κ1) is 22.6. The van der Waals surface area contributed by atoms with Gasteiger partial charge in [0.05, 0.1) is 41.7 Å². The van der Waals surface area contributed by atoms with Gasteiger partial charge in [0.15, 0.2) is 17.3 Å². The zero-order valence-corrected chi connectivity index (χ0v) is 20.3. The number of para-hydroxylation sites is 2. The number of rotatable bonds is 4. The second kappa shape index (κ2) is 9.24. The molecule has 1 aliphatic carbocycles. The molecule has 2 N–H and O–H groups in total. The number of benzene rings is 3. The van der Waals surface area contributed by atoms with Crippen LogP contribution in [0.15, 0.2) is 71.9 Å². The number of halogens is 2. The number of fused-ring (bicyclic) bond motifs is 1. The van der Waals surface area contributed by atoms with Crippen molar-refractivity contribution >= 4 is 40.4 Å². The van der Waals surface area contributed by atoms with Crippen LogP contribution in [0.2, 0.25) is 10.0 Å². The van der Waals surface area contributed by atoms with E-state index in [4.69, 9.17) is 32.7 Å². The van der Waals surface area contributed by atoms with E-state index in [0.29, 0.717) is 34.4 Å². The van der Waals surface area contributed by atoms with Crippen LogP contribution in [0.1, 0.15) is 35.9 Å². The summed E-state index contributed by atoms with van der Waals surface area (Å²) in [4.78, 5) is 13.7. The molecule has 0 saturated carbocycles. The maximum absolute atomic E-state index is 13.7. The van der Waals surface area contributed by atoms with Crippen molar-refractivity contribution in [2.75, 3.05) is 24.9 Å². The van der Waals surface area contributed by atoms with Crippen molar-refractivity contribution in [3.63, 3.8) is 0 Å². The zero-order chi connectivity index (χ0) is 23.8. The number of anilines is 2. The lowest BCUT2D eigenvalue weighted by molar-refractivity contribution is -0.116. The summed E-state index contributed by atoms with van der Waals surface area (Å²) in [5, 5.41) is 8.05. The number of ether oxygens (including phenoxy) is 2. The van der Waals surface area contributed by atoms with E-state index in [2.05, 4.69) is 10.6 Å². The number of carbonyl (C=O) groups excluding carboxylic acids is 1. The molecule has 1 heterocycles. The molecule has 0 radical (unpaired) electrons. The molecule has 0 bridgehead atoms. The zero-order valence-electron chi connectivity index (χ0n) is 18.8. The molecule has 3 aromatic rings. The Labute approximate surface area is 208 Å². The summed E-state index contributed by atoms with van der Waals surface area (Å²) in [5.74, 6) is 1.42. The highest BCUT2D eigenvalue weighted by molar-refractivity contribution is 6.42. The third kappa shape index (κ3) is 4.10. The predicted octanol–water partition coefficient (Wildman–Crippen LogP) is 6.99. The minimum absolute atomic E-state index is 0.0123. The largest absolute Gasteiger partial charge is 0.493 e. The van der Waals surface area contributed by atoms with Crippen molar-refractivity contribution in [3.05, 3.63) is 93.1 Å². The summed E-state index contributed by atoms with van der Waals surface area (Å²) < 4.78 is 10.9. The highest BCUT2D eigenvalue weighted by atomic mass is 35.5. The Morgan fingerprint density at radius 1 is 0.824 bits per heavy atom. The summed E-state index contributed by atoms with van der Waals surface area (Å²) >= 11 is 12.5. The van der Waals surface area contributed by atoms with E-state index < -0.39 is 0 Å². The number of nitrogens with one attached hydrogen (secondary N) is 2. The van der Waals surface area contributed by atoms with Gasteiger partial charge in [-0.15, -0.1) is 0 Å². The van der Waals surface area contributed by atoms with Gasteiger partial charge in [0.25, 0.3) is 0 Å². The van der Waals surface area contributed by atoms with Gasteiger partial charge >= 0.3 is 0 Å². The minimum Gasteiger partial charge on any atom is -0.493 e. The van der Waals surface area contributed by atoms with E-state index in [9.17, 15) is 4.79 Å². The standard InChI is InChI=1S/C27H24Cl2N2O3/c1-33-24-10-8-15(14-25(24)34-2)17-12-22-26(23(32)13-17)27(16-7-9-18(28)19(29)11-16)31-21-6-4-3-5-20(21)30-22/h3-11,14,17,27,30-31H,12-13H2,1-2H3/t17-,27+/m0/s1. The Morgan fingerprint density at radius 3 is 2.29 bits per heavy atom. The Hall–Kier alpha value is -3.15. The molecule has 0 fully saturated rings. The van der Waals surface area contributed by atoms with Crippen molar-refractivity contribution in [1.82, 2.24) is 0 Å². The lowest BCUT2D eigenvalue weighted by Crippen LogP contribution is -2.26. The molecule has 3 aromatic carbocycles. The molecule has 2 atom stereocenters. The molecule has 5 rings (SSSR count). The molecule has 0 spiro atoms. The van der Waals surface area contributed by atoms with Gasteiger partial charge in [0.2, 0.25) is 0 Å². The summed E-state index contributed by atoms with van der Waals surface area (Å²) in [5.41, 5.74) is 5.41. The second-order valence-electron chi connectivity index (χ2n) is 8.46. The normalized spacial score (nSPS) is 19.4. The van der Waals surface area contributed by atoms with Gasteiger partial charge in [-0.3, -0.25) is 4.79 Å². The fraction of sp³-hybridized carbons (Fsp3) is 0.222. The highest BCUT2D eigenvalue weighted by Gasteiger charge is 2.36. The van der Waals surface area contributed by atoms with E-state index in [1.54, 1.807) is 20.3 Å². The fourth-order valence-electron chi connectivity index (χ4n) is 4.78. The average molecular weight is 495 g/mol. The summed E-state index contributed by atoms with van der Waals surface area (Å²) in [6.45, 7) is 0. The monoisotopic (exact) mass is 494 g/mol. The van der Waals surface area contributed by atoms with Gasteiger partial charge < -0.3 is 20.1 Å². The van der Waals surface area contributed by atoms with Crippen LogP contribution in [-0.4, -0.2) is 20.0 Å². The summed E-state index contributed by atoms with van der Waals surface area (Å²) in [7, 11) is 3.23. The Morgan fingerprint density at radius 2 is 1.56 bits per heavy atom. The fourth-order valence-corrected chi connectivity index (χ4v) is 5.08. The maximum Gasteiger partial charge on any atom is 0.163 e. The van der Waals surface area contributed by atoms with Crippen LogP contribution in [-0.2, 0) is 4.79 Å². The van der Waals surface area contributed by atoms with Crippen molar-refractivity contribution < 1.29 is 14.3 Å². The topological polar surface area (TPSA) is 59.6 Å². The molecule has 1 aliphatic heterocycles. The number of hydrogen-bond donors (Lipinski definition) is 2. The van der Waals surface area contributed by atoms with Gasteiger partial charge in [0.1, 0.15) is 0 Å². The molecule has 174 valence electrons. The molecule has 2 aliphatic rings. The van der Waals surface area contributed by atoms with Crippen LogP contribution in [0, 0.1) is 0 Å². The Balaban J connectivity index is 1.59. The van der Waals surface area contributed by atoms with Gasteiger partial charge in [-0.2, -0.15) is 0 Å². The van der Waals surface area contributed by atoms with E-state index in [1.807, 2.05) is 54.6 Å². The molecule has 0 saturated heterocycles. The molecule has 0 amide bonds. The molecular weight excluding hydrogens is 471 g/mol. The molecule has 5 nitrogen and oxygen atoms in total. The molecular formula is C27H24Cl2N2O3. The molecule has 34 heavy (non-hydrogen) atoms. The highest BCUT2D eigenvalue weighted by Crippen LogP contribution is 2.45. The van der Waals surface area contributed by atoms with Crippen LogP contribution in [0.3, 0.4) is 0 Å². The van der Waals surface area contributed by atoms with Gasteiger partial charge in [0, 0.05) is 17.7 Å². The number of allylic oxidation sites excluding steroid dienone is 1. The van der Waals surface area contributed by atoms with Crippen LogP contribution in [0.25, 0.3) is 0 Å². The quantitative estimate of drug-likeness (QED) is 0.409. The Kier molecular flexibility index (Phi) is 6.15. The number of Topliss-reactive ketones (excluding diaryl/α,β-unsaturated/α-hetero) is 1. The number of methoxy groups -OCH3 is 2. The van der Waals surface area contributed by atoms with E-state index >= 15 is 0 Å². The van der Waals surface area contributed by atoms with E-state index in [1.165, 1.54) is 0 Å². The van der Waals surface area contributed by atoms with Crippen LogP contribution >= 0.6 is 23.2 Å². The number of ketones is 1. The first-order valence-corrected chi connectivity index (χ1v) is 11.8. The first-order chi connectivity index (χ1) is 16.5. The van der Waals surface area contributed by atoms with Crippen LogP contribution in [0.4, 0.5) is 11.4 Å². The smallest absolute Gasteiger partial charge is 0.163 e. The van der Waals surface area contributed by atoms with Crippen molar-refractivity contribution in [2.24, 2.45) is 0 Å². The minimum atomic E-state index is -0.347. The van der Waals surface area contributed by atoms with Crippen LogP contribution in [0.5, 0.6) is 11.5 Å². The summed E-state index contributed by atoms with van der Waals surface area (Å²) in [6, 6.07) is 19.0. The maximum atomic E-state index is 13.7. The van der Waals surface area contributed by atoms with Crippen molar-refractivity contribution in [1.29, 1.82) is 0 Å². The lowest BCUT2D eigenvalue weighted by Gasteiger charge is -2.30.